The third-order valence-electron chi connectivity index (χ3n) is 14.1. The molecule has 2 unspecified atom stereocenters. The standard InChI is InChI=1S/C60H117NO5/c1-3-5-7-9-11-13-15-17-18-19-24-27-30-34-38-42-46-50-54-60(65)66-55-51-47-43-39-35-31-28-25-22-20-21-23-26-29-33-37-41-45-49-53-59(64)61-57(56-62)58(63)52-48-44-40-36-32-16-14-12-10-8-6-4-2/h18-19,57-58,62-63H,3-17,20-56H2,1-2H3,(H,61,64)/b19-18-. The minimum atomic E-state index is -0.664. The van der Waals surface area contributed by atoms with Crippen molar-refractivity contribution < 1.29 is 24.5 Å². The summed E-state index contributed by atoms with van der Waals surface area (Å²) >= 11 is 0. The van der Waals surface area contributed by atoms with Gasteiger partial charge < -0.3 is 20.3 Å². The van der Waals surface area contributed by atoms with Crippen molar-refractivity contribution in [3.05, 3.63) is 12.2 Å². The van der Waals surface area contributed by atoms with E-state index in [1.54, 1.807) is 0 Å². The molecule has 0 spiro atoms. The predicted molar refractivity (Wildman–Crippen MR) is 287 cm³/mol. The van der Waals surface area contributed by atoms with Gasteiger partial charge in [-0.3, -0.25) is 9.59 Å². The summed E-state index contributed by atoms with van der Waals surface area (Å²) < 4.78 is 5.49. The minimum Gasteiger partial charge on any atom is -0.466 e. The SMILES string of the molecule is CCCCCCCCC/C=C\CCCCCCCCCC(=O)OCCCCCCCCCCCCCCCCCCCCCC(=O)NC(CO)C(O)CCCCCCCCCCCCCC. The molecule has 0 heterocycles. The van der Waals surface area contributed by atoms with E-state index in [2.05, 4.69) is 31.3 Å². The topological polar surface area (TPSA) is 95.9 Å². The highest BCUT2D eigenvalue weighted by atomic mass is 16.5. The Kier molecular flexibility index (Phi) is 55.0. The second kappa shape index (κ2) is 56.2. The Morgan fingerprint density at radius 2 is 0.712 bits per heavy atom. The fourth-order valence-electron chi connectivity index (χ4n) is 9.46. The molecule has 0 aromatic rings. The van der Waals surface area contributed by atoms with Crippen molar-refractivity contribution in [3.8, 4) is 0 Å². The van der Waals surface area contributed by atoms with Crippen LogP contribution in [0.15, 0.2) is 12.2 Å². The van der Waals surface area contributed by atoms with Crippen LogP contribution >= 0.6 is 0 Å². The number of aliphatic hydroxyl groups excluding tert-OH is 2. The Morgan fingerprint density at radius 3 is 1.08 bits per heavy atom. The molecule has 0 bridgehead atoms. The van der Waals surface area contributed by atoms with Gasteiger partial charge in [-0.25, -0.2) is 0 Å². The zero-order valence-corrected chi connectivity index (χ0v) is 44.7. The van der Waals surface area contributed by atoms with Crippen LogP contribution in [0.1, 0.15) is 335 Å². The average Bonchev–Trinajstić information content (AvgIpc) is 3.32. The van der Waals surface area contributed by atoms with Crippen molar-refractivity contribution in [2.24, 2.45) is 0 Å². The number of aliphatic hydroxyl groups is 2. The molecule has 0 rings (SSSR count). The number of nitrogens with one attached hydrogen (secondary N) is 1. The monoisotopic (exact) mass is 932 g/mol. The Bertz CT molecular complexity index is 986. The van der Waals surface area contributed by atoms with Crippen LogP contribution < -0.4 is 5.32 Å². The summed E-state index contributed by atoms with van der Waals surface area (Å²) in [5.74, 6) is -0.0303. The van der Waals surface area contributed by atoms with E-state index in [1.807, 2.05) is 0 Å². The van der Waals surface area contributed by atoms with Crippen LogP contribution in [-0.4, -0.2) is 47.4 Å². The van der Waals surface area contributed by atoms with Crippen molar-refractivity contribution in [2.75, 3.05) is 13.2 Å². The van der Waals surface area contributed by atoms with Gasteiger partial charge in [0.25, 0.3) is 0 Å². The van der Waals surface area contributed by atoms with E-state index >= 15 is 0 Å². The molecule has 6 nitrogen and oxygen atoms in total. The van der Waals surface area contributed by atoms with Gasteiger partial charge in [0.05, 0.1) is 25.4 Å². The quantitative estimate of drug-likeness (QED) is 0.0321. The average molecular weight is 933 g/mol. The zero-order chi connectivity index (χ0) is 47.9. The Balaban J connectivity index is 3.37. The van der Waals surface area contributed by atoms with Crippen LogP contribution in [0.3, 0.4) is 0 Å². The van der Waals surface area contributed by atoms with Gasteiger partial charge in [-0.1, -0.05) is 283 Å². The van der Waals surface area contributed by atoms with Gasteiger partial charge in [0.15, 0.2) is 0 Å². The summed E-state index contributed by atoms with van der Waals surface area (Å²) in [4.78, 5) is 24.5. The molecule has 0 aromatic carbocycles. The second-order valence-corrected chi connectivity index (χ2v) is 20.7. The van der Waals surface area contributed by atoms with Crippen LogP contribution in [0.4, 0.5) is 0 Å². The molecule has 0 aliphatic rings. The molecule has 0 radical (unpaired) electrons. The summed E-state index contributed by atoms with van der Waals surface area (Å²) in [6.45, 7) is 4.96. The Hall–Kier alpha value is -1.40. The molecule has 0 saturated carbocycles. The molecule has 6 heteroatoms. The number of rotatable bonds is 56. The van der Waals surface area contributed by atoms with E-state index in [1.165, 1.54) is 257 Å². The second-order valence-electron chi connectivity index (χ2n) is 20.7. The molecule has 66 heavy (non-hydrogen) atoms. The first-order valence-electron chi connectivity index (χ1n) is 29.9. The van der Waals surface area contributed by atoms with Gasteiger partial charge in [-0.05, 0) is 51.4 Å². The number of carbonyl (C=O) groups excluding carboxylic acids is 2. The maximum atomic E-state index is 12.5. The first-order chi connectivity index (χ1) is 32.5. The summed E-state index contributed by atoms with van der Waals surface area (Å²) in [6, 6.07) is -0.542. The van der Waals surface area contributed by atoms with E-state index in [9.17, 15) is 19.8 Å². The largest absolute Gasteiger partial charge is 0.466 e. The van der Waals surface area contributed by atoms with Crippen LogP contribution in [0, 0.1) is 0 Å². The summed E-state index contributed by atoms with van der Waals surface area (Å²) in [6.07, 6.45) is 66.4. The van der Waals surface area contributed by atoms with Crippen LogP contribution in [-0.2, 0) is 14.3 Å². The highest BCUT2D eigenvalue weighted by Gasteiger charge is 2.20. The van der Waals surface area contributed by atoms with Crippen molar-refractivity contribution in [3.63, 3.8) is 0 Å². The number of amides is 1. The molecule has 0 aliphatic carbocycles. The number of carbonyl (C=O) groups is 2. The van der Waals surface area contributed by atoms with E-state index in [0.29, 0.717) is 25.9 Å². The number of hydrogen-bond acceptors (Lipinski definition) is 5. The normalized spacial score (nSPS) is 12.6. The lowest BCUT2D eigenvalue weighted by atomic mass is 10.0. The first-order valence-corrected chi connectivity index (χ1v) is 29.9. The van der Waals surface area contributed by atoms with Crippen LogP contribution in [0.5, 0.6) is 0 Å². The zero-order valence-electron chi connectivity index (χ0n) is 44.7. The molecular formula is C60H117NO5. The maximum Gasteiger partial charge on any atom is 0.305 e. The predicted octanol–water partition coefficient (Wildman–Crippen LogP) is 18.5. The molecular weight excluding hydrogens is 815 g/mol. The molecule has 0 saturated heterocycles. The highest BCUT2D eigenvalue weighted by Crippen LogP contribution is 2.18. The fraction of sp³-hybridized carbons (Fsp3) is 0.933. The van der Waals surface area contributed by atoms with E-state index in [0.717, 1.165) is 44.9 Å². The number of unbranched alkanes of at least 4 members (excludes halogenated alkanes) is 43. The van der Waals surface area contributed by atoms with Crippen molar-refractivity contribution in [1.29, 1.82) is 0 Å². The lowest BCUT2D eigenvalue weighted by Crippen LogP contribution is -2.45. The minimum absolute atomic E-state index is 0.00674. The number of allylic oxidation sites excluding steroid dienone is 2. The van der Waals surface area contributed by atoms with Crippen LogP contribution in [0.2, 0.25) is 0 Å². The van der Waals surface area contributed by atoms with Gasteiger partial charge in [0.2, 0.25) is 5.91 Å². The van der Waals surface area contributed by atoms with Gasteiger partial charge in [0, 0.05) is 12.8 Å². The van der Waals surface area contributed by atoms with Crippen molar-refractivity contribution >= 4 is 11.9 Å². The fourth-order valence-corrected chi connectivity index (χ4v) is 9.46. The van der Waals surface area contributed by atoms with Gasteiger partial charge >= 0.3 is 5.97 Å². The lowest BCUT2D eigenvalue weighted by molar-refractivity contribution is -0.143. The summed E-state index contributed by atoms with van der Waals surface area (Å²) in [7, 11) is 0. The lowest BCUT2D eigenvalue weighted by Gasteiger charge is -2.22. The Morgan fingerprint density at radius 1 is 0.409 bits per heavy atom. The highest BCUT2D eigenvalue weighted by molar-refractivity contribution is 5.76. The summed E-state index contributed by atoms with van der Waals surface area (Å²) in [5, 5.41) is 23.2. The van der Waals surface area contributed by atoms with Crippen molar-refractivity contribution in [1.82, 2.24) is 5.32 Å². The third-order valence-corrected chi connectivity index (χ3v) is 14.1. The smallest absolute Gasteiger partial charge is 0.305 e. The Labute approximate surface area is 412 Å². The van der Waals surface area contributed by atoms with E-state index in [4.69, 9.17) is 4.74 Å². The molecule has 0 aromatic heterocycles. The number of ether oxygens (including phenoxy) is 1. The van der Waals surface area contributed by atoms with Gasteiger partial charge in [-0.15, -0.1) is 0 Å². The molecule has 0 fully saturated rings. The summed E-state index contributed by atoms with van der Waals surface area (Å²) in [5.41, 5.74) is 0. The molecule has 1 amide bonds. The van der Waals surface area contributed by atoms with Crippen molar-refractivity contribution in [2.45, 2.75) is 347 Å². The van der Waals surface area contributed by atoms with E-state index < -0.39 is 12.1 Å². The van der Waals surface area contributed by atoms with E-state index in [-0.39, 0.29) is 18.5 Å². The third kappa shape index (κ3) is 52.0. The first kappa shape index (κ1) is 64.6. The molecule has 0 aliphatic heterocycles. The van der Waals surface area contributed by atoms with Gasteiger partial charge in [0.1, 0.15) is 0 Å². The maximum absolute atomic E-state index is 12.5. The molecule has 2 atom stereocenters. The number of hydrogen-bond donors (Lipinski definition) is 3. The molecule has 3 N–H and O–H groups in total. The van der Waals surface area contributed by atoms with Crippen LogP contribution in [0.25, 0.3) is 0 Å². The molecule has 392 valence electrons. The van der Waals surface area contributed by atoms with Gasteiger partial charge in [-0.2, -0.15) is 0 Å². The number of esters is 1.